The van der Waals surface area contributed by atoms with Gasteiger partial charge in [0.1, 0.15) is 17.3 Å². The fraction of sp³-hybridized carbons (Fsp3) is 0.226. The first-order valence-electron chi connectivity index (χ1n) is 12.7. The Labute approximate surface area is 231 Å². The molecule has 206 valence electrons. The van der Waals surface area contributed by atoms with E-state index in [4.69, 9.17) is 18.9 Å². The molecular formula is C31H30N2O7. The summed E-state index contributed by atoms with van der Waals surface area (Å²) < 4.78 is 21.6. The zero-order chi connectivity index (χ0) is 28.4. The van der Waals surface area contributed by atoms with E-state index in [-0.39, 0.29) is 17.9 Å². The standard InChI is InChI=1S/C31H30N2O7/c1-37-21-7-5-6-19(14-21)29(34)27-28(18-8-11-25(39-3)26(15-18)40-4)33(31(36)30(27)35)13-12-20-17-32-24-10-9-22(38-2)16-23(20)24/h5-11,14-17,28,32,34H,12-13H2,1-4H3/t28-/m1/s1. The molecule has 4 aromatic rings. The van der Waals surface area contributed by atoms with Crippen LogP contribution in [0.1, 0.15) is 22.7 Å². The third-order valence-corrected chi connectivity index (χ3v) is 7.20. The van der Waals surface area contributed by atoms with Crippen LogP contribution in [0, 0.1) is 0 Å². The maximum atomic E-state index is 13.5. The number of benzene rings is 3. The molecule has 0 saturated carbocycles. The zero-order valence-corrected chi connectivity index (χ0v) is 22.7. The number of carbonyl (C=O) groups excluding carboxylic acids is 2. The van der Waals surface area contributed by atoms with Gasteiger partial charge in [-0.2, -0.15) is 0 Å². The number of amides is 1. The second-order valence-corrected chi connectivity index (χ2v) is 9.31. The molecule has 3 aromatic carbocycles. The highest BCUT2D eigenvalue weighted by molar-refractivity contribution is 6.46. The summed E-state index contributed by atoms with van der Waals surface area (Å²) in [6.07, 6.45) is 2.35. The van der Waals surface area contributed by atoms with Crippen LogP contribution in [-0.4, -0.2) is 61.7 Å². The van der Waals surface area contributed by atoms with Crippen molar-refractivity contribution in [2.24, 2.45) is 0 Å². The summed E-state index contributed by atoms with van der Waals surface area (Å²) in [5, 5.41) is 12.4. The Morgan fingerprint density at radius 1 is 0.875 bits per heavy atom. The summed E-state index contributed by atoms with van der Waals surface area (Å²) in [6.45, 7) is 0.225. The fourth-order valence-electron chi connectivity index (χ4n) is 5.14. The molecule has 9 nitrogen and oxygen atoms in total. The minimum atomic E-state index is -0.856. The largest absolute Gasteiger partial charge is 0.507 e. The first kappa shape index (κ1) is 26.7. The minimum Gasteiger partial charge on any atom is -0.507 e. The Hall–Kier alpha value is -4.92. The highest BCUT2D eigenvalue weighted by atomic mass is 16.5. The molecule has 0 radical (unpaired) electrons. The van der Waals surface area contributed by atoms with E-state index < -0.39 is 17.7 Å². The number of aromatic amines is 1. The van der Waals surface area contributed by atoms with Crippen molar-refractivity contribution in [3.05, 3.63) is 89.1 Å². The van der Waals surface area contributed by atoms with Gasteiger partial charge in [0.05, 0.1) is 40.1 Å². The lowest BCUT2D eigenvalue weighted by molar-refractivity contribution is -0.139. The van der Waals surface area contributed by atoms with Gasteiger partial charge in [-0.15, -0.1) is 0 Å². The smallest absolute Gasteiger partial charge is 0.295 e. The number of Topliss-reactive ketones (excluding diaryl/α,β-unsaturated/α-hetero) is 1. The maximum Gasteiger partial charge on any atom is 0.295 e. The molecule has 5 rings (SSSR count). The first-order valence-corrected chi connectivity index (χ1v) is 12.7. The van der Waals surface area contributed by atoms with Gasteiger partial charge in [0.2, 0.25) is 0 Å². The van der Waals surface area contributed by atoms with Crippen LogP contribution in [0.5, 0.6) is 23.0 Å². The Kier molecular flexibility index (Phi) is 7.37. The molecule has 2 N–H and O–H groups in total. The first-order chi connectivity index (χ1) is 19.4. The van der Waals surface area contributed by atoms with Gasteiger partial charge in [-0.05, 0) is 60.0 Å². The number of rotatable bonds is 9. The van der Waals surface area contributed by atoms with Gasteiger partial charge in [0, 0.05) is 29.2 Å². The van der Waals surface area contributed by atoms with Gasteiger partial charge >= 0.3 is 0 Å². The molecule has 0 aliphatic carbocycles. The van der Waals surface area contributed by atoms with Crippen LogP contribution in [-0.2, 0) is 16.0 Å². The molecule has 1 aromatic heterocycles. The maximum absolute atomic E-state index is 13.5. The molecule has 1 fully saturated rings. The number of aliphatic hydroxyl groups is 1. The number of hydrogen-bond acceptors (Lipinski definition) is 7. The van der Waals surface area contributed by atoms with Gasteiger partial charge in [0.25, 0.3) is 11.7 Å². The summed E-state index contributed by atoms with van der Waals surface area (Å²) >= 11 is 0. The number of hydrogen-bond donors (Lipinski definition) is 2. The molecule has 0 spiro atoms. The molecule has 40 heavy (non-hydrogen) atoms. The predicted molar refractivity (Wildman–Crippen MR) is 150 cm³/mol. The van der Waals surface area contributed by atoms with E-state index in [1.807, 2.05) is 24.4 Å². The minimum absolute atomic E-state index is 0.00827. The monoisotopic (exact) mass is 542 g/mol. The summed E-state index contributed by atoms with van der Waals surface area (Å²) in [6, 6.07) is 16.8. The third kappa shape index (κ3) is 4.70. The van der Waals surface area contributed by atoms with Gasteiger partial charge in [-0.3, -0.25) is 9.59 Å². The van der Waals surface area contributed by atoms with Crippen LogP contribution >= 0.6 is 0 Å². The lowest BCUT2D eigenvalue weighted by atomic mass is 9.94. The van der Waals surface area contributed by atoms with Crippen molar-refractivity contribution in [2.45, 2.75) is 12.5 Å². The van der Waals surface area contributed by atoms with Crippen molar-refractivity contribution in [2.75, 3.05) is 35.0 Å². The predicted octanol–water partition coefficient (Wildman–Crippen LogP) is 4.87. The van der Waals surface area contributed by atoms with E-state index >= 15 is 0 Å². The van der Waals surface area contributed by atoms with E-state index in [2.05, 4.69) is 4.98 Å². The Balaban J connectivity index is 1.60. The summed E-state index contributed by atoms with van der Waals surface area (Å²) in [5.41, 5.74) is 2.86. The number of nitrogens with one attached hydrogen (secondary N) is 1. The summed E-state index contributed by atoms with van der Waals surface area (Å²) in [4.78, 5) is 31.7. The van der Waals surface area contributed by atoms with Crippen molar-refractivity contribution in [1.82, 2.24) is 9.88 Å². The number of carbonyl (C=O) groups is 2. The van der Waals surface area contributed by atoms with Crippen molar-refractivity contribution in [1.29, 1.82) is 0 Å². The number of likely N-dealkylation sites (tertiary alicyclic amines) is 1. The molecule has 2 heterocycles. The molecule has 0 unspecified atom stereocenters. The quantitative estimate of drug-likeness (QED) is 0.176. The SMILES string of the molecule is COc1cccc(C(O)=C2C(=O)C(=O)N(CCc3c[nH]c4ccc(OC)cc34)[C@@H]2c2ccc(OC)c(OC)c2)c1. The molecule has 1 atom stereocenters. The van der Waals surface area contributed by atoms with Crippen LogP contribution in [0.4, 0.5) is 0 Å². The van der Waals surface area contributed by atoms with Gasteiger partial charge in [0.15, 0.2) is 11.5 Å². The number of nitrogens with zero attached hydrogens (tertiary/aromatic N) is 1. The number of ketones is 1. The highest BCUT2D eigenvalue weighted by Gasteiger charge is 2.46. The number of aliphatic hydroxyl groups excluding tert-OH is 1. The normalized spacial score (nSPS) is 16.4. The van der Waals surface area contributed by atoms with Crippen LogP contribution < -0.4 is 18.9 Å². The second-order valence-electron chi connectivity index (χ2n) is 9.31. The molecule has 1 amide bonds. The Bertz CT molecular complexity index is 1620. The van der Waals surface area contributed by atoms with Gasteiger partial charge in [-0.1, -0.05) is 18.2 Å². The van der Waals surface area contributed by atoms with E-state index in [1.165, 1.54) is 26.2 Å². The summed E-state index contributed by atoms with van der Waals surface area (Å²) in [7, 11) is 6.17. The molecule has 1 saturated heterocycles. The van der Waals surface area contributed by atoms with Crippen LogP contribution in [0.3, 0.4) is 0 Å². The number of fused-ring (bicyclic) bond motifs is 1. The second kappa shape index (κ2) is 11.1. The van der Waals surface area contributed by atoms with Gasteiger partial charge < -0.3 is 33.9 Å². The fourth-order valence-corrected chi connectivity index (χ4v) is 5.14. The van der Waals surface area contributed by atoms with Crippen LogP contribution in [0.25, 0.3) is 16.7 Å². The zero-order valence-electron chi connectivity index (χ0n) is 22.7. The molecule has 0 bridgehead atoms. The Morgan fingerprint density at radius 2 is 1.62 bits per heavy atom. The van der Waals surface area contributed by atoms with Crippen LogP contribution in [0.15, 0.2) is 72.4 Å². The highest BCUT2D eigenvalue weighted by Crippen LogP contribution is 2.42. The van der Waals surface area contributed by atoms with Crippen molar-refractivity contribution in [3.8, 4) is 23.0 Å². The van der Waals surface area contributed by atoms with E-state index in [1.54, 1.807) is 49.6 Å². The van der Waals surface area contributed by atoms with Crippen LogP contribution in [0.2, 0.25) is 0 Å². The molecule has 1 aliphatic heterocycles. The third-order valence-electron chi connectivity index (χ3n) is 7.20. The number of H-pyrrole nitrogens is 1. The van der Waals surface area contributed by atoms with Crippen molar-refractivity contribution < 1.29 is 33.6 Å². The molecular weight excluding hydrogens is 512 g/mol. The van der Waals surface area contributed by atoms with Crippen molar-refractivity contribution >= 4 is 28.4 Å². The number of methoxy groups -OCH3 is 4. The van der Waals surface area contributed by atoms with Crippen molar-refractivity contribution in [3.63, 3.8) is 0 Å². The Morgan fingerprint density at radius 3 is 2.35 bits per heavy atom. The summed E-state index contributed by atoms with van der Waals surface area (Å²) in [5.74, 6) is 0.436. The number of ether oxygens (including phenoxy) is 4. The van der Waals surface area contributed by atoms with E-state index in [9.17, 15) is 14.7 Å². The molecule has 9 heteroatoms. The van der Waals surface area contributed by atoms with Gasteiger partial charge in [-0.25, -0.2) is 0 Å². The average molecular weight is 543 g/mol. The lowest BCUT2D eigenvalue weighted by Crippen LogP contribution is -2.31. The molecule has 1 aliphatic rings. The number of aromatic nitrogens is 1. The van der Waals surface area contributed by atoms with E-state index in [0.717, 1.165) is 22.2 Å². The lowest BCUT2D eigenvalue weighted by Gasteiger charge is -2.26. The average Bonchev–Trinajstić information content (AvgIpc) is 3.52. The van der Waals surface area contributed by atoms with E-state index in [0.29, 0.717) is 34.8 Å². The topological polar surface area (TPSA) is 110 Å².